The van der Waals surface area contributed by atoms with Crippen molar-refractivity contribution >= 4 is 15.9 Å². The van der Waals surface area contributed by atoms with Crippen molar-refractivity contribution in [2.24, 2.45) is 0 Å². The van der Waals surface area contributed by atoms with Gasteiger partial charge in [0.25, 0.3) is 5.91 Å². The topological polar surface area (TPSA) is 85.4 Å². The molecule has 9 heteroatoms. The molecule has 1 aliphatic rings. The largest absolute Gasteiger partial charge is 0.493 e. The van der Waals surface area contributed by atoms with E-state index in [4.69, 9.17) is 14.2 Å². The molecule has 0 radical (unpaired) electrons. The lowest BCUT2D eigenvalue weighted by Gasteiger charge is -2.37. The van der Waals surface area contributed by atoms with Gasteiger partial charge in [-0.05, 0) is 91.1 Å². The predicted octanol–water partition coefficient (Wildman–Crippen LogP) is 5.17. The molecule has 214 valence electrons. The van der Waals surface area contributed by atoms with Crippen LogP contribution in [0.25, 0.3) is 0 Å². The molecule has 0 saturated heterocycles. The third kappa shape index (κ3) is 5.95. The van der Waals surface area contributed by atoms with Gasteiger partial charge in [-0.2, -0.15) is 4.31 Å². The van der Waals surface area contributed by atoms with E-state index in [9.17, 15) is 13.2 Å². The highest BCUT2D eigenvalue weighted by molar-refractivity contribution is 7.89. The fourth-order valence-electron chi connectivity index (χ4n) is 5.29. The van der Waals surface area contributed by atoms with E-state index in [0.29, 0.717) is 43.1 Å². The van der Waals surface area contributed by atoms with Crippen LogP contribution >= 0.6 is 0 Å². The van der Waals surface area contributed by atoms with Crippen LogP contribution in [0.15, 0.2) is 59.5 Å². The van der Waals surface area contributed by atoms with E-state index in [2.05, 4.69) is 6.07 Å². The number of rotatable bonds is 10. The van der Waals surface area contributed by atoms with Gasteiger partial charge in [-0.1, -0.05) is 19.9 Å². The molecular formula is C31H38N2O6S. The van der Waals surface area contributed by atoms with Crippen molar-refractivity contribution in [1.82, 2.24) is 9.21 Å². The van der Waals surface area contributed by atoms with E-state index < -0.39 is 16.1 Å². The molecule has 1 heterocycles. The van der Waals surface area contributed by atoms with Gasteiger partial charge in [0.15, 0.2) is 11.5 Å². The monoisotopic (exact) mass is 566 g/mol. The number of carbonyl (C=O) groups excluding carboxylic acids is 1. The van der Waals surface area contributed by atoms with Crippen molar-refractivity contribution in [3.05, 3.63) is 82.4 Å². The molecule has 0 bridgehead atoms. The Kier molecular flexibility index (Phi) is 9.05. The summed E-state index contributed by atoms with van der Waals surface area (Å²) in [5.74, 6) is 1.77. The van der Waals surface area contributed by atoms with Crippen LogP contribution in [0.2, 0.25) is 0 Å². The van der Waals surface area contributed by atoms with E-state index in [1.165, 1.54) is 16.4 Å². The summed E-state index contributed by atoms with van der Waals surface area (Å²) in [6.07, 6.45) is 0.635. The smallest absolute Gasteiger partial charge is 0.254 e. The van der Waals surface area contributed by atoms with Crippen molar-refractivity contribution < 1.29 is 27.4 Å². The minimum atomic E-state index is -3.62. The summed E-state index contributed by atoms with van der Waals surface area (Å²) in [4.78, 5) is 15.8. The Hall–Kier alpha value is -3.56. The summed E-state index contributed by atoms with van der Waals surface area (Å²) in [5, 5.41) is 0. The van der Waals surface area contributed by atoms with Crippen molar-refractivity contribution in [1.29, 1.82) is 0 Å². The van der Waals surface area contributed by atoms with Gasteiger partial charge in [0.05, 0.1) is 25.2 Å². The quantitative estimate of drug-likeness (QED) is 0.337. The minimum absolute atomic E-state index is 0.170. The van der Waals surface area contributed by atoms with E-state index in [1.807, 2.05) is 38.1 Å². The molecule has 3 aromatic rings. The molecule has 1 aliphatic heterocycles. The number of hydrogen-bond acceptors (Lipinski definition) is 6. The zero-order chi connectivity index (χ0) is 29.0. The number of aryl methyl sites for hydroxylation is 2. The maximum Gasteiger partial charge on any atom is 0.254 e. The van der Waals surface area contributed by atoms with Crippen LogP contribution in [0.4, 0.5) is 0 Å². The van der Waals surface area contributed by atoms with Gasteiger partial charge in [-0.3, -0.25) is 4.79 Å². The minimum Gasteiger partial charge on any atom is -0.493 e. The molecule has 1 atom stereocenters. The molecule has 0 saturated carbocycles. The number of sulfonamides is 1. The molecule has 0 unspecified atom stereocenters. The summed E-state index contributed by atoms with van der Waals surface area (Å²) < 4.78 is 44.6. The number of carbonyl (C=O) groups is 1. The van der Waals surface area contributed by atoms with Gasteiger partial charge in [-0.25, -0.2) is 8.42 Å². The van der Waals surface area contributed by atoms with Crippen LogP contribution in [-0.2, 0) is 16.4 Å². The second-order valence-electron chi connectivity index (χ2n) is 9.92. The second-order valence-corrected chi connectivity index (χ2v) is 11.9. The molecule has 1 amide bonds. The van der Waals surface area contributed by atoms with Gasteiger partial charge < -0.3 is 19.1 Å². The van der Waals surface area contributed by atoms with Crippen LogP contribution in [0.5, 0.6) is 17.2 Å². The number of hydrogen-bond donors (Lipinski definition) is 0. The van der Waals surface area contributed by atoms with E-state index >= 15 is 0 Å². The van der Waals surface area contributed by atoms with E-state index in [0.717, 1.165) is 28.0 Å². The van der Waals surface area contributed by atoms with Gasteiger partial charge in [0.2, 0.25) is 10.0 Å². The Morgan fingerprint density at radius 2 is 1.52 bits per heavy atom. The maximum atomic E-state index is 13.9. The number of ether oxygens (including phenoxy) is 3. The third-order valence-electron chi connectivity index (χ3n) is 7.31. The first-order valence-corrected chi connectivity index (χ1v) is 14.9. The average Bonchev–Trinajstić information content (AvgIpc) is 2.94. The van der Waals surface area contributed by atoms with Gasteiger partial charge in [0.1, 0.15) is 12.4 Å². The summed E-state index contributed by atoms with van der Waals surface area (Å²) in [6, 6.07) is 15.7. The molecule has 0 aromatic heterocycles. The Morgan fingerprint density at radius 3 is 2.10 bits per heavy atom. The second kappa shape index (κ2) is 12.3. The lowest BCUT2D eigenvalue weighted by molar-refractivity contribution is 0.0589. The lowest BCUT2D eigenvalue weighted by Crippen LogP contribution is -2.42. The molecule has 8 nitrogen and oxygen atoms in total. The molecule has 0 spiro atoms. The SMILES string of the molecule is CCN(CC)S(=O)(=O)c1ccc(C(=O)N2CCc3cc(OC)c(OC)cc3[C@H]2COc2cc(C)cc(C)c2)cc1. The van der Waals surface area contributed by atoms with Crippen molar-refractivity contribution in [3.63, 3.8) is 0 Å². The normalized spacial score (nSPS) is 15.1. The van der Waals surface area contributed by atoms with E-state index in [-0.39, 0.29) is 17.4 Å². The lowest BCUT2D eigenvalue weighted by atomic mass is 9.91. The standard InChI is InChI=1S/C31H38N2O6S/c1-7-32(8-2)40(35,36)26-11-9-23(10-12-26)31(34)33-14-13-24-18-29(37-5)30(38-6)19-27(24)28(33)20-39-25-16-21(3)15-22(4)17-25/h9-12,15-19,28H,7-8,13-14,20H2,1-6H3/t28-/m1/s1. The Labute approximate surface area is 237 Å². The zero-order valence-electron chi connectivity index (χ0n) is 24.1. The van der Waals surface area contributed by atoms with Crippen LogP contribution in [-0.4, -0.2) is 64.0 Å². The molecule has 4 rings (SSSR count). The molecular weight excluding hydrogens is 528 g/mol. The van der Waals surface area contributed by atoms with Crippen LogP contribution in [0.1, 0.15) is 52.5 Å². The number of benzene rings is 3. The van der Waals surface area contributed by atoms with Crippen LogP contribution in [0.3, 0.4) is 0 Å². The maximum absolute atomic E-state index is 13.9. The van der Waals surface area contributed by atoms with Crippen molar-refractivity contribution in [2.45, 2.75) is 45.1 Å². The average molecular weight is 567 g/mol. The van der Waals surface area contributed by atoms with Gasteiger partial charge in [-0.15, -0.1) is 0 Å². The first-order chi connectivity index (χ1) is 19.1. The fourth-order valence-corrected chi connectivity index (χ4v) is 6.75. The summed E-state index contributed by atoms with van der Waals surface area (Å²) in [6.45, 7) is 9.12. The fraction of sp³-hybridized carbons (Fsp3) is 0.387. The zero-order valence-corrected chi connectivity index (χ0v) is 24.9. The highest BCUT2D eigenvalue weighted by Gasteiger charge is 2.34. The summed E-state index contributed by atoms with van der Waals surface area (Å²) in [5.41, 5.74) is 4.61. The van der Waals surface area contributed by atoms with Gasteiger partial charge in [0, 0.05) is 25.2 Å². The molecule has 0 fully saturated rings. The first kappa shape index (κ1) is 29.4. The van der Waals surface area contributed by atoms with Crippen molar-refractivity contribution in [2.75, 3.05) is 40.5 Å². The van der Waals surface area contributed by atoms with Gasteiger partial charge >= 0.3 is 0 Å². The van der Waals surface area contributed by atoms with Crippen LogP contribution < -0.4 is 14.2 Å². The summed E-state index contributed by atoms with van der Waals surface area (Å²) >= 11 is 0. The molecule has 40 heavy (non-hydrogen) atoms. The Bertz CT molecular complexity index is 1450. The highest BCUT2D eigenvalue weighted by atomic mass is 32.2. The number of methoxy groups -OCH3 is 2. The van der Waals surface area contributed by atoms with E-state index in [1.54, 1.807) is 45.1 Å². The van der Waals surface area contributed by atoms with Crippen LogP contribution in [0, 0.1) is 13.8 Å². The summed E-state index contributed by atoms with van der Waals surface area (Å²) in [7, 11) is -0.424. The molecule has 3 aromatic carbocycles. The Morgan fingerprint density at radius 1 is 0.925 bits per heavy atom. The predicted molar refractivity (Wildman–Crippen MR) is 155 cm³/mol. The number of fused-ring (bicyclic) bond motifs is 1. The highest BCUT2D eigenvalue weighted by Crippen LogP contribution is 2.39. The van der Waals surface area contributed by atoms with Crippen molar-refractivity contribution in [3.8, 4) is 17.2 Å². The Balaban J connectivity index is 1.68. The number of amides is 1. The first-order valence-electron chi connectivity index (χ1n) is 13.5. The molecule has 0 aliphatic carbocycles. The molecule has 0 N–H and O–H groups in total. The third-order valence-corrected chi connectivity index (χ3v) is 9.38. The number of nitrogens with zero attached hydrogens (tertiary/aromatic N) is 2.